The lowest BCUT2D eigenvalue weighted by Crippen LogP contribution is -2.42. The molecule has 1 aromatic rings. The van der Waals surface area contributed by atoms with Gasteiger partial charge in [0, 0.05) is 31.9 Å². The molecule has 5 nitrogen and oxygen atoms in total. The predicted molar refractivity (Wildman–Crippen MR) is 62.4 cm³/mol. The highest BCUT2D eigenvalue weighted by atomic mass is 16.5. The maximum absolute atomic E-state index is 5.32. The van der Waals surface area contributed by atoms with Crippen LogP contribution in [0, 0.1) is 0 Å². The van der Waals surface area contributed by atoms with Gasteiger partial charge < -0.3 is 10.1 Å². The Kier molecular flexibility index (Phi) is 4.07. The highest BCUT2D eigenvalue weighted by Crippen LogP contribution is 2.04. The van der Waals surface area contributed by atoms with Gasteiger partial charge in [-0.3, -0.25) is 4.90 Å². The first-order chi connectivity index (χ1) is 7.84. The van der Waals surface area contributed by atoms with Crippen molar-refractivity contribution in [3.63, 3.8) is 0 Å². The van der Waals surface area contributed by atoms with E-state index in [4.69, 9.17) is 4.74 Å². The quantitative estimate of drug-likeness (QED) is 0.809. The van der Waals surface area contributed by atoms with Crippen LogP contribution in [0.5, 0.6) is 0 Å². The molecule has 1 N–H and O–H groups in total. The van der Waals surface area contributed by atoms with E-state index in [-0.39, 0.29) is 0 Å². The molecule has 0 aromatic carbocycles. The summed E-state index contributed by atoms with van der Waals surface area (Å²) >= 11 is 0. The number of ether oxygens (including phenoxy) is 1. The molecule has 1 fully saturated rings. The smallest absolute Gasteiger partial charge is 0.129 e. The molecule has 5 heteroatoms. The number of anilines is 1. The summed E-state index contributed by atoms with van der Waals surface area (Å²) in [5.41, 5.74) is 0. The molecular formula is C11H18N4O. The predicted octanol–water partition coefficient (Wildman–Crippen LogP) is 0.609. The number of hydrogen-bond acceptors (Lipinski definition) is 5. The molecule has 0 saturated carbocycles. The molecule has 0 bridgehead atoms. The third kappa shape index (κ3) is 3.43. The topological polar surface area (TPSA) is 50.3 Å². The number of morpholine rings is 1. The van der Waals surface area contributed by atoms with Crippen molar-refractivity contribution in [2.24, 2.45) is 0 Å². The van der Waals surface area contributed by atoms with E-state index in [9.17, 15) is 0 Å². The van der Waals surface area contributed by atoms with E-state index >= 15 is 0 Å². The summed E-state index contributed by atoms with van der Waals surface area (Å²) in [6.45, 7) is 6.93. The molecular weight excluding hydrogens is 204 g/mol. The van der Waals surface area contributed by atoms with Crippen molar-refractivity contribution in [1.29, 1.82) is 0 Å². The maximum Gasteiger partial charge on any atom is 0.129 e. The lowest BCUT2D eigenvalue weighted by molar-refractivity contribution is 0.0368. The molecule has 0 aliphatic carbocycles. The second-order valence-electron chi connectivity index (χ2n) is 4.05. The zero-order valence-corrected chi connectivity index (χ0v) is 9.59. The van der Waals surface area contributed by atoms with Crippen molar-refractivity contribution in [2.75, 3.05) is 38.2 Å². The van der Waals surface area contributed by atoms with Crippen molar-refractivity contribution in [3.05, 3.63) is 18.6 Å². The Bertz CT molecular complexity index is 300. The molecule has 0 amide bonds. The van der Waals surface area contributed by atoms with Gasteiger partial charge in [-0.05, 0) is 13.0 Å². The number of hydrogen-bond donors (Lipinski definition) is 1. The Labute approximate surface area is 95.8 Å². The molecule has 1 aliphatic heterocycles. The van der Waals surface area contributed by atoms with Gasteiger partial charge in [0.2, 0.25) is 0 Å². The molecule has 1 aliphatic rings. The number of nitrogens with one attached hydrogen (secondary N) is 1. The van der Waals surface area contributed by atoms with Crippen LogP contribution in [0.1, 0.15) is 6.92 Å². The van der Waals surface area contributed by atoms with Gasteiger partial charge in [0.1, 0.15) is 12.1 Å². The van der Waals surface area contributed by atoms with Gasteiger partial charge in [0.15, 0.2) is 0 Å². The molecule has 1 aromatic heterocycles. The molecule has 88 valence electrons. The second-order valence-corrected chi connectivity index (χ2v) is 4.05. The van der Waals surface area contributed by atoms with Crippen LogP contribution in [0.15, 0.2) is 18.6 Å². The minimum Gasteiger partial charge on any atom is -0.379 e. The van der Waals surface area contributed by atoms with Gasteiger partial charge in [-0.2, -0.15) is 0 Å². The maximum atomic E-state index is 5.32. The fourth-order valence-electron chi connectivity index (χ4n) is 1.85. The summed E-state index contributed by atoms with van der Waals surface area (Å²) in [6.07, 6.45) is 3.31. The lowest BCUT2D eigenvalue weighted by atomic mass is 10.3. The van der Waals surface area contributed by atoms with E-state index in [0.29, 0.717) is 6.04 Å². The van der Waals surface area contributed by atoms with Gasteiger partial charge in [0.05, 0.1) is 13.2 Å². The van der Waals surface area contributed by atoms with Crippen LogP contribution >= 0.6 is 0 Å². The fourth-order valence-corrected chi connectivity index (χ4v) is 1.85. The Hall–Kier alpha value is -1.20. The molecule has 16 heavy (non-hydrogen) atoms. The molecule has 0 radical (unpaired) electrons. The van der Waals surface area contributed by atoms with E-state index < -0.39 is 0 Å². The third-order valence-corrected chi connectivity index (χ3v) is 2.61. The van der Waals surface area contributed by atoms with Crippen molar-refractivity contribution >= 4 is 5.82 Å². The van der Waals surface area contributed by atoms with Gasteiger partial charge in [0.25, 0.3) is 0 Å². The highest BCUT2D eigenvalue weighted by Gasteiger charge is 2.13. The summed E-state index contributed by atoms with van der Waals surface area (Å²) < 4.78 is 5.32. The fraction of sp³-hybridized carbons (Fsp3) is 0.636. The minimum absolute atomic E-state index is 0.382. The highest BCUT2D eigenvalue weighted by molar-refractivity contribution is 5.32. The van der Waals surface area contributed by atoms with Crippen LogP contribution in [0.2, 0.25) is 0 Å². The zero-order valence-electron chi connectivity index (χ0n) is 9.59. The van der Waals surface area contributed by atoms with Crippen LogP contribution in [-0.2, 0) is 4.74 Å². The van der Waals surface area contributed by atoms with Gasteiger partial charge >= 0.3 is 0 Å². The largest absolute Gasteiger partial charge is 0.379 e. The summed E-state index contributed by atoms with van der Waals surface area (Å²) in [6, 6.07) is 2.27. The number of aromatic nitrogens is 2. The zero-order chi connectivity index (χ0) is 11.2. The summed E-state index contributed by atoms with van der Waals surface area (Å²) in [4.78, 5) is 10.4. The first-order valence-corrected chi connectivity index (χ1v) is 5.67. The average molecular weight is 222 g/mol. The molecule has 1 saturated heterocycles. The average Bonchev–Trinajstić information content (AvgIpc) is 2.31. The van der Waals surface area contributed by atoms with Crippen LogP contribution in [0.4, 0.5) is 5.82 Å². The SMILES string of the molecule is C[C@H](CN1CCOCC1)Nc1ccncn1. The second kappa shape index (κ2) is 5.77. The Balaban J connectivity index is 1.77. The van der Waals surface area contributed by atoms with Gasteiger partial charge in [-0.1, -0.05) is 0 Å². The lowest BCUT2D eigenvalue weighted by Gasteiger charge is -2.29. The number of nitrogens with zero attached hydrogens (tertiary/aromatic N) is 3. The van der Waals surface area contributed by atoms with Crippen LogP contribution in [0.25, 0.3) is 0 Å². The van der Waals surface area contributed by atoms with E-state index in [1.165, 1.54) is 0 Å². The van der Waals surface area contributed by atoms with Crippen molar-refractivity contribution in [2.45, 2.75) is 13.0 Å². The van der Waals surface area contributed by atoms with E-state index in [2.05, 4.69) is 27.1 Å². The van der Waals surface area contributed by atoms with Gasteiger partial charge in [-0.25, -0.2) is 9.97 Å². The summed E-state index contributed by atoms with van der Waals surface area (Å²) in [7, 11) is 0. The molecule has 0 spiro atoms. The molecule has 2 heterocycles. The Morgan fingerprint density at radius 1 is 1.50 bits per heavy atom. The normalized spacial score (nSPS) is 19.3. The van der Waals surface area contributed by atoms with Gasteiger partial charge in [-0.15, -0.1) is 0 Å². The standard InChI is InChI=1S/C11H18N4O/c1-10(8-15-4-6-16-7-5-15)14-11-2-3-12-9-13-11/h2-3,9-10H,4-8H2,1H3,(H,12,13,14)/t10-/m1/s1. The third-order valence-electron chi connectivity index (χ3n) is 2.61. The van der Waals surface area contributed by atoms with Crippen molar-refractivity contribution in [1.82, 2.24) is 14.9 Å². The van der Waals surface area contributed by atoms with Crippen molar-refractivity contribution in [3.8, 4) is 0 Å². The van der Waals surface area contributed by atoms with Crippen LogP contribution in [-0.4, -0.2) is 53.8 Å². The molecule has 0 unspecified atom stereocenters. The van der Waals surface area contributed by atoms with E-state index in [1.54, 1.807) is 12.5 Å². The molecule has 2 rings (SSSR count). The Morgan fingerprint density at radius 3 is 3.00 bits per heavy atom. The van der Waals surface area contributed by atoms with Crippen LogP contribution in [0.3, 0.4) is 0 Å². The van der Waals surface area contributed by atoms with E-state index in [0.717, 1.165) is 38.7 Å². The minimum atomic E-state index is 0.382. The summed E-state index contributed by atoms with van der Waals surface area (Å²) in [5, 5.41) is 3.36. The first kappa shape index (κ1) is 11.3. The van der Waals surface area contributed by atoms with Crippen LogP contribution < -0.4 is 5.32 Å². The Morgan fingerprint density at radius 2 is 2.31 bits per heavy atom. The first-order valence-electron chi connectivity index (χ1n) is 5.67. The molecule has 1 atom stereocenters. The van der Waals surface area contributed by atoms with Crippen molar-refractivity contribution < 1.29 is 4.74 Å². The van der Waals surface area contributed by atoms with E-state index in [1.807, 2.05) is 6.07 Å². The monoisotopic (exact) mass is 222 g/mol. The number of rotatable bonds is 4. The summed E-state index contributed by atoms with van der Waals surface area (Å²) in [5.74, 6) is 0.885.